The van der Waals surface area contributed by atoms with Gasteiger partial charge in [0, 0.05) is 37.5 Å². The number of carbonyl (C=O) groups is 2. The van der Waals surface area contributed by atoms with E-state index in [1.54, 1.807) is 17.0 Å². The van der Waals surface area contributed by atoms with E-state index in [9.17, 15) is 19.7 Å². The fraction of sp³-hybridized carbons (Fsp3) is 0.500. The van der Waals surface area contributed by atoms with Gasteiger partial charge in [-0.15, -0.1) is 0 Å². The Morgan fingerprint density at radius 2 is 1.51 bits per heavy atom. The van der Waals surface area contributed by atoms with Gasteiger partial charge in [0.25, 0.3) is 5.69 Å². The van der Waals surface area contributed by atoms with E-state index in [4.69, 9.17) is 0 Å². The maximum Gasteiger partial charge on any atom is 0.269 e. The summed E-state index contributed by atoms with van der Waals surface area (Å²) in [6.45, 7) is 5.79. The van der Waals surface area contributed by atoms with E-state index in [2.05, 4.69) is 6.92 Å². The summed E-state index contributed by atoms with van der Waals surface area (Å²) in [6, 6.07) is 16.0. The minimum Gasteiger partial charge on any atom is -0.338 e. The third-order valence-corrected chi connectivity index (χ3v) is 6.69. The Kier molecular flexibility index (Phi) is 9.82. The van der Waals surface area contributed by atoms with Crippen molar-refractivity contribution in [1.82, 2.24) is 4.90 Å². The number of non-ortho nitro benzene ring substituents is 1. The number of benzene rings is 2. The molecule has 188 valence electrons. The van der Waals surface area contributed by atoms with Crippen LogP contribution < -0.4 is 4.90 Å². The third-order valence-electron chi connectivity index (χ3n) is 6.69. The topological polar surface area (TPSA) is 83.8 Å². The molecule has 2 unspecified atom stereocenters. The fourth-order valence-electron chi connectivity index (χ4n) is 4.55. The molecule has 0 spiro atoms. The van der Waals surface area contributed by atoms with Crippen molar-refractivity contribution >= 4 is 23.2 Å². The first kappa shape index (κ1) is 26.4. The second-order valence-electron chi connectivity index (χ2n) is 9.32. The average Bonchev–Trinajstić information content (AvgIpc) is 3.67. The van der Waals surface area contributed by atoms with Gasteiger partial charge in [0.15, 0.2) is 0 Å². The smallest absolute Gasteiger partial charge is 0.269 e. The number of anilines is 1. The Labute approximate surface area is 208 Å². The normalized spacial score (nSPS) is 16.5. The van der Waals surface area contributed by atoms with Crippen LogP contribution in [0.25, 0.3) is 0 Å². The molecule has 1 aliphatic carbocycles. The highest BCUT2D eigenvalue weighted by Gasteiger charge is 2.50. The molecule has 1 fully saturated rings. The number of hydrogen-bond acceptors (Lipinski definition) is 4. The zero-order valence-corrected chi connectivity index (χ0v) is 20.9. The molecule has 0 N–H and O–H groups in total. The Morgan fingerprint density at radius 1 is 0.886 bits per heavy atom. The SMILES string of the molecule is CCCCCCCCN(Cc1ccccc1)C(=O)C1CC1C(=O)N(CC)c1ccc([N+](=O)[O-])cc1. The Morgan fingerprint density at radius 3 is 2.14 bits per heavy atom. The quantitative estimate of drug-likeness (QED) is 0.190. The van der Waals surface area contributed by atoms with Crippen LogP contribution in [-0.4, -0.2) is 34.7 Å². The van der Waals surface area contributed by atoms with Crippen molar-refractivity contribution in [1.29, 1.82) is 0 Å². The number of nitro benzene ring substituents is 1. The van der Waals surface area contributed by atoms with Gasteiger partial charge in [0.2, 0.25) is 11.8 Å². The van der Waals surface area contributed by atoms with Gasteiger partial charge in [-0.05, 0) is 37.5 Å². The Bertz CT molecular complexity index is 977. The monoisotopic (exact) mass is 479 g/mol. The summed E-state index contributed by atoms with van der Waals surface area (Å²) >= 11 is 0. The molecule has 0 aromatic heterocycles. The second-order valence-corrected chi connectivity index (χ2v) is 9.32. The molecule has 7 heteroatoms. The fourth-order valence-corrected chi connectivity index (χ4v) is 4.55. The number of rotatable bonds is 14. The number of unbranched alkanes of at least 4 members (excludes halogenated alkanes) is 5. The lowest BCUT2D eigenvalue weighted by Crippen LogP contribution is -2.36. The van der Waals surface area contributed by atoms with E-state index >= 15 is 0 Å². The van der Waals surface area contributed by atoms with Crippen LogP contribution in [0, 0.1) is 22.0 Å². The third kappa shape index (κ3) is 7.38. The maximum absolute atomic E-state index is 13.4. The van der Waals surface area contributed by atoms with Gasteiger partial charge < -0.3 is 9.80 Å². The highest BCUT2D eigenvalue weighted by molar-refractivity contribution is 6.01. The van der Waals surface area contributed by atoms with E-state index in [1.165, 1.54) is 37.8 Å². The first-order valence-electron chi connectivity index (χ1n) is 12.8. The summed E-state index contributed by atoms with van der Waals surface area (Å²) in [6.07, 6.45) is 7.52. The van der Waals surface area contributed by atoms with Crippen molar-refractivity contribution in [2.24, 2.45) is 11.8 Å². The molecule has 0 radical (unpaired) electrons. The summed E-state index contributed by atoms with van der Waals surface area (Å²) in [5.41, 5.74) is 1.70. The van der Waals surface area contributed by atoms with Crippen molar-refractivity contribution < 1.29 is 14.5 Å². The van der Waals surface area contributed by atoms with Crippen LogP contribution >= 0.6 is 0 Å². The number of nitrogens with zero attached hydrogens (tertiary/aromatic N) is 3. The molecule has 2 aromatic rings. The maximum atomic E-state index is 13.4. The molecule has 3 rings (SSSR count). The van der Waals surface area contributed by atoms with Gasteiger partial charge in [-0.2, -0.15) is 0 Å². The molecule has 1 aliphatic rings. The van der Waals surface area contributed by atoms with E-state index in [-0.39, 0.29) is 29.3 Å². The van der Waals surface area contributed by atoms with E-state index in [0.717, 1.165) is 18.4 Å². The van der Waals surface area contributed by atoms with E-state index in [1.807, 2.05) is 42.2 Å². The van der Waals surface area contributed by atoms with Crippen molar-refractivity contribution in [2.45, 2.75) is 65.3 Å². The molecular formula is C28H37N3O4. The van der Waals surface area contributed by atoms with Crippen molar-refractivity contribution in [3.8, 4) is 0 Å². The first-order chi connectivity index (χ1) is 17.0. The van der Waals surface area contributed by atoms with Gasteiger partial charge >= 0.3 is 0 Å². The van der Waals surface area contributed by atoms with Crippen molar-refractivity contribution in [3.63, 3.8) is 0 Å². The predicted octanol–water partition coefficient (Wildman–Crippen LogP) is 5.97. The summed E-state index contributed by atoms with van der Waals surface area (Å²) < 4.78 is 0. The van der Waals surface area contributed by atoms with Crippen LogP contribution in [0.15, 0.2) is 54.6 Å². The number of hydrogen-bond donors (Lipinski definition) is 0. The first-order valence-corrected chi connectivity index (χ1v) is 12.8. The molecule has 7 nitrogen and oxygen atoms in total. The Hall–Kier alpha value is -3.22. The van der Waals surface area contributed by atoms with Crippen molar-refractivity contribution in [2.75, 3.05) is 18.0 Å². The molecule has 0 heterocycles. The highest BCUT2D eigenvalue weighted by Crippen LogP contribution is 2.42. The molecule has 35 heavy (non-hydrogen) atoms. The molecule has 2 atom stereocenters. The highest BCUT2D eigenvalue weighted by atomic mass is 16.6. The lowest BCUT2D eigenvalue weighted by Gasteiger charge is -2.24. The Balaban J connectivity index is 1.63. The molecule has 0 bridgehead atoms. The predicted molar refractivity (Wildman–Crippen MR) is 138 cm³/mol. The average molecular weight is 480 g/mol. The molecule has 0 saturated heterocycles. The number of amides is 2. The van der Waals surface area contributed by atoms with Crippen molar-refractivity contribution in [3.05, 3.63) is 70.3 Å². The molecular weight excluding hydrogens is 442 g/mol. The lowest BCUT2D eigenvalue weighted by atomic mass is 10.1. The second kappa shape index (κ2) is 13.0. The van der Waals surface area contributed by atoms with Gasteiger partial charge in [-0.1, -0.05) is 69.4 Å². The van der Waals surface area contributed by atoms with Crippen LogP contribution in [0.3, 0.4) is 0 Å². The van der Waals surface area contributed by atoms with Crippen LogP contribution in [0.1, 0.15) is 64.4 Å². The number of carbonyl (C=O) groups excluding carboxylic acids is 2. The molecule has 1 saturated carbocycles. The summed E-state index contributed by atoms with van der Waals surface area (Å²) in [4.78, 5) is 40.7. The number of nitro groups is 1. The summed E-state index contributed by atoms with van der Waals surface area (Å²) in [5.74, 6) is -0.654. The summed E-state index contributed by atoms with van der Waals surface area (Å²) in [7, 11) is 0. The van der Waals surface area contributed by atoms with E-state index in [0.29, 0.717) is 31.7 Å². The van der Waals surface area contributed by atoms with Gasteiger partial charge in [-0.25, -0.2) is 0 Å². The zero-order chi connectivity index (χ0) is 25.2. The molecule has 0 aliphatic heterocycles. The largest absolute Gasteiger partial charge is 0.338 e. The standard InChI is InChI=1S/C28H37N3O4/c1-3-5-6-7-8-12-19-29(21-22-13-10-9-11-14-22)27(32)25-20-26(25)28(33)30(4-2)23-15-17-24(18-16-23)31(34)35/h9-11,13-18,25-26H,3-8,12,19-21H2,1-2H3. The van der Waals surface area contributed by atoms with Crippen LogP contribution in [0.4, 0.5) is 11.4 Å². The lowest BCUT2D eigenvalue weighted by molar-refractivity contribution is -0.384. The van der Waals surface area contributed by atoms with Gasteiger partial charge in [0.05, 0.1) is 16.8 Å². The van der Waals surface area contributed by atoms with Gasteiger partial charge in [0.1, 0.15) is 0 Å². The minimum absolute atomic E-state index is 0.0111. The zero-order valence-electron chi connectivity index (χ0n) is 20.9. The van der Waals surface area contributed by atoms with Crippen LogP contribution in [0.5, 0.6) is 0 Å². The minimum atomic E-state index is -0.456. The van der Waals surface area contributed by atoms with E-state index < -0.39 is 4.92 Å². The van der Waals surface area contributed by atoms with Gasteiger partial charge in [-0.3, -0.25) is 19.7 Å². The molecule has 2 amide bonds. The van der Waals surface area contributed by atoms with Crippen LogP contribution in [0.2, 0.25) is 0 Å². The van der Waals surface area contributed by atoms with Crippen LogP contribution in [-0.2, 0) is 16.1 Å². The summed E-state index contributed by atoms with van der Waals surface area (Å²) in [5, 5.41) is 10.9. The molecule has 2 aromatic carbocycles.